The van der Waals surface area contributed by atoms with Crippen molar-refractivity contribution in [1.82, 2.24) is 0 Å². The van der Waals surface area contributed by atoms with Gasteiger partial charge in [-0.05, 0) is 46.7 Å². The van der Waals surface area contributed by atoms with Crippen LogP contribution in [0.15, 0.2) is 59.1 Å². The minimum Gasteiger partial charge on any atom is -0.268 e. The molecule has 0 unspecified atom stereocenters. The highest BCUT2D eigenvalue weighted by atomic mass is 79.9. The monoisotopic (exact) mass is 407 g/mol. The Labute approximate surface area is 160 Å². The Bertz CT molecular complexity index is 1060. The van der Waals surface area contributed by atoms with E-state index in [4.69, 9.17) is 0 Å². The van der Waals surface area contributed by atoms with Crippen LogP contribution in [0.25, 0.3) is 10.8 Å². The van der Waals surface area contributed by atoms with Gasteiger partial charge >= 0.3 is 0 Å². The van der Waals surface area contributed by atoms with Gasteiger partial charge < -0.3 is 0 Å². The van der Waals surface area contributed by atoms with Crippen LogP contribution in [0, 0.1) is 0 Å². The summed E-state index contributed by atoms with van der Waals surface area (Å²) in [5.74, 6) is -0.567. The van der Waals surface area contributed by atoms with Crippen molar-refractivity contribution in [2.75, 3.05) is 4.90 Å². The van der Waals surface area contributed by atoms with Crippen LogP contribution in [0.5, 0.6) is 0 Å². The molecule has 0 bridgehead atoms. The molecule has 0 radical (unpaired) electrons. The first-order chi connectivity index (χ1) is 12.3. The topological polar surface area (TPSA) is 37.4 Å². The normalized spacial score (nSPS) is 14.2. The summed E-state index contributed by atoms with van der Waals surface area (Å²) in [6.45, 7) is 6.40. The summed E-state index contributed by atoms with van der Waals surface area (Å²) in [6.07, 6.45) is 0. The van der Waals surface area contributed by atoms with Gasteiger partial charge in [-0.2, -0.15) is 0 Å². The van der Waals surface area contributed by atoms with Crippen LogP contribution in [0.2, 0.25) is 0 Å². The third-order valence-electron chi connectivity index (χ3n) is 4.80. The van der Waals surface area contributed by atoms with Crippen molar-refractivity contribution in [3.63, 3.8) is 0 Å². The van der Waals surface area contributed by atoms with Crippen molar-refractivity contribution in [1.29, 1.82) is 0 Å². The van der Waals surface area contributed by atoms with Crippen molar-refractivity contribution < 1.29 is 9.59 Å². The molecule has 0 N–H and O–H groups in total. The Balaban J connectivity index is 1.88. The number of carbonyl (C=O) groups is 2. The summed E-state index contributed by atoms with van der Waals surface area (Å²) in [7, 11) is 0. The number of hydrogen-bond donors (Lipinski definition) is 0. The first kappa shape index (κ1) is 17.0. The molecule has 0 saturated heterocycles. The molecule has 4 rings (SSSR count). The van der Waals surface area contributed by atoms with E-state index >= 15 is 0 Å². The summed E-state index contributed by atoms with van der Waals surface area (Å²) < 4.78 is 0.822. The zero-order chi connectivity index (χ0) is 18.6. The second-order valence-electron chi connectivity index (χ2n) is 7.60. The van der Waals surface area contributed by atoms with Gasteiger partial charge in [-0.3, -0.25) is 9.59 Å². The molecule has 0 fully saturated rings. The Morgan fingerprint density at radius 2 is 1.50 bits per heavy atom. The molecule has 3 aromatic rings. The fraction of sp³-hybridized carbons (Fsp3) is 0.182. The van der Waals surface area contributed by atoms with Crippen molar-refractivity contribution >= 4 is 44.2 Å². The van der Waals surface area contributed by atoms with Gasteiger partial charge in [0.1, 0.15) is 0 Å². The molecule has 2 amide bonds. The largest absolute Gasteiger partial charge is 0.268 e. The lowest BCUT2D eigenvalue weighted by molar-refractivity contribution is 0.0893. The van der Waals surface area contributed by atoms with Crippen LogP contribution in [0.3, 0.4) is 0 Å². The number of benzene rings is 3. The quantitative estimate of drug-likeness (QED) is 0.485. The van der Waals surface area contributed by atoms with Crippen LogP contribution in [0.1, 0.15) is 47.1 Å². The maximum Gasteiger partial charge on any atom is 0.266 e. The smallest absolute Gasteiger partial charge is 0.266 e. The molecule has 3 aromatic carbocycles. The molecule has 130 valence electrons. The van der Waals surface area contributed by atoms with Crippen LogP contribution >= 0.6 is 15.9 Å². The second kappa shape index (κ2) is 5.78. The first-order valence-electron chi connectivity index (χ1n) is 8.49. The van der Waals surface area contributed by atoms with E-state index in [1.807, 2.05) is 42.5 Å². The molecular formula is C22H18BrNO2. The molecule has 0 spiro atoms. The Morgan fingerprint density at radius 3 is 2.15 bits per heavy atom. The van der Waals surface area contributed by atoms with Gasteiger partial charge in [-0.1, -0.05) is 61.0 Å². The molecular weight excluding hydrogens is 390 g/mol. The SMILES string of the molecule is CC(C)(C)c1ccc(N2C(=O)c3cccc4cc(Br)cc(c34)C2=O)cc1. The number of halogens is 1. The fourth-order valence-corrected chi connectivity index (χ4v) is 3.89. The molecule has 4 heteroatoms. The minimum absolute atomic E-state index is 0.0114. The predicted molar refractivity (Wildman–Crippen MR) is 108 cm³/mol. The highest BCUT2D eigenvalue weighted by molar-refractivity contribution is 9.10. The van der Waals surface area contributed by atoms with Gasteiger partial charge in [0.25, 0.3) is 11.8 Å². The lowest BCUT2D eigenvalue weighted by atomic mass is 9.87. The third-order valence-corrected chi connectivity index (χ3v) is 5.26. The molecule has 0 saturated carbocycles. The van der Waals surface area contributed by atoms with Crippen molar-refractivity contribution in [3.05, 3.63) is 75.8 Å². The second-order valence-corrected chi connectivity index (χ2v) is 8.52. The lowest BCUT2D eigenvalue weighted by Gasteiger charge is -2.28. The Morgan fingerprint density at radius 1 is 0.846 bits per heavy atom. The maximum absolute atomic E-state index is 13.1. The first-order valence-corrected chi connectivity index (χ1v) is 9.28. The van der Waals surface area contributed by atoms with E-state index in [1.165, 1.54) is 4.90 Å². The fourth-order valence-electron chi connectivity index (χ4n) is 3.42. The van der Waals surface area contributed by atoms with Crippen molar-refractivity contribution in [2.24, 2.45) is 0 Å². The van der Waals surface area contributed by atoms with E-state index in [0.29, 0.717) is 16.8 Å². The van der Waals surface area contributed by atoms with Crippen LogP contribution in [0.4, 0.5) is 5.69 Å². The number of rotatable bonds is 1. The van der Waals surface area contributed by atoms with Gasteiger partial charge in [-0.25, -0.2) is 4.90 Å². The number of nitrogens with zero attached hydrogens (tertiary/aromatic N) is 1. The van der Waals surface area contributed by atoms with Crippen molar-refractivity contribution in [3.8, 4) is 0 Å². The number of imide groups is 1. The van der Waals surface area contributed by atoms with Gasteiger partial charge in [0.05, 0.1) is 11.3 Å². The summed E-state index contributed by atoms with van der Waals surface area (Å²) >= 11 is 3.47. The van der Waals surface area contributed by atoms with E-state index in [0.717, 1.165) is 20.8 Å². The predicted octanol–water partition coefficient (Wildman–Crippen LogP) is 5.70. The van der Waals surface area contributed by atoms with Crippen LogP contribution in [-0.2, 0) is 5.41 Å². The molecule has 0 atom stereocenters. The Hall–Kier alpha value is -2.46. The van der Waals surface area contributed by atoms with Crippen LogP contribution in [-0.4, -0.2) is 11.8 Å². The summed E-state index contributed by atoms with van der Waals surface area (Å²) in [5, 5.41) is 1.62. The number of anilines is 1. The minimum atomic E-state index is -0.288. The molecule has 26 heavy (non-hydrogen) atoms. The molecule has 1 aliphatic heterocycles. The molecule has 1 heterocycles. The summed E-state index contributed by atoms with van der Waals surface area (Å²) in [6, 6.07) is 16.9. The summed E-state index contributed by atoms with van der Waals surface area (Å²) in [4.78, 5) is 27.5. The maximum atomic E-state index is 13.1. The van der Waals surface area contributed by atoms with E-state index < -0.39 is 0 Å². The highest BCUT2D eigenvalue weighted by Gasteiger charge is 2.34. The van der Waals surface area contributed by atoms with Crippen LogP contribution < -0.4 is 4.90 Å². The van der Waals surface area contributed by atoms with E-state index in [2.05, 4.69) is 36.7 Å². The van der Waals surface area contributed by atoms with Crippen molar-refractivity contribution in [2.45, 2.75) is 26.2 Å². The third kappa shape index (κ3) is 2.56. The van der Waals surface area contributed by atoms with Gasteiger partial charge in [-0.15, -0.1) is 0 Å². The van der Waals surface area contributed by atoms with E-state index in [-0.39, 0.29) is 17.2 Å². The van der Waals surface area contributed by atoms with Gasteiger partial charge in [0, 0.05) is 15.4 Å². The zero-order valence-corrected chi connectivity index (χ0v) is 16.4. The zero-order valence-electron chi connectivity index (χ0n) is 14.8. The van der Waals surface area contributed by atoms with Gasteiger partial charge in [0.2, 0.25) is 0 Å². The average molecular weight is 408 g/mol. The molecule has 1 aliphatic rings. The molecule has 0 aromatic heterocycles. The van der Waals surface area contributed by atoms with E-state index in [9.17, 15) is 9.59 Å². The standard InChI is InChI=1S/C22H18BrNO2/c1-22(2,3)14-7-9-16(10-8-14)24-20(25)17-6-4-5-13-11-15(23)12-18(19(13)17)21(24)26/h4-12H,1-3H3. The highest BCUT2D eigenvalue weighted by Crippen LogP contribution is 2.35. The Kier molecular flexibility index (Phi) is 3.77. The van der Waals surface area contributed by atoms with Gasteiger partial charge in [0.15, 0.2) is 0 Å². The lowest BCUT2D eigenvalue weighted by Crippen LogP contribution is -2.40. The number of carbonyl (C=O) groups excluding carboxylic acids is 2. The average Bonchev–Trinajstić information content (AvgIpc) is 2.59. The summed E-state index contributed by atoms with van der Waals surface area (Å²) in [5.41, 5.74) is 2.87. The molecule has 3 nitrogen and oxygen atoms in total. The van der Waals surface area contributed by atoms with E-state index in [1.54, 1.807) is 12.1 Å². The number of amides is 2. The molecule has 0 aliphatic carbocycles. The number of hydrogen-bond acceptors (Lipinski definition) is 2.